The molecule has 10 nitrogen and oxygen atoms in total. The molecule has 2 aromatic heterocycles. The summed E-state index contributed by atoms with van der Waals surface area (Å²) in [4.78, 5) is 35.0. The average molecular weight is 348 g/mol. The maximum absolute atomic E-state index is 12.2. The molecule has 1 atom stereocenters. The van der Waals surface area contributed by atoms with E-state index in [1.54, 1.807) is 6.07 Å². The molecule has 0 bridgehead atoms. The number of methoxy groups -OCH3 is 2. The summed E-state index contributed by atoms with van der Waals surface area (Å²) in [5.41, 5.74) is -0.110. The normalized spacial score (nSPS) is 11.3. The summed E-state index contributed by atoms with van der Waals surface area (Å²) in [6.07, 6.45) is 1.38. The molecular formula is C15H16N4O6. The molecular weight excluding hydrogens is 332 g/mol. The van der Waals surface area contributed by atoms with Gasteiger partial charge >= 0.3 is 12.0 Å². The summed E-state index contributed by atoms with van der Waals surface area (Å²) in [7, 11) is 2.84. The van der Waals surface area contributed by atoms with Gasteiger partial charge in [-0.2, -0.15) is 9.97 Å². The summed E-state index contributed by atoms with van der Waals surface area (Å²) < 4.78 is 15.5. The number of nitrogens with one attached hydrogen (secondary N) is 1. The monoisotopic (exact) mass is 348 g/mol. The van der Waals surface area contributed by atoms with Crippen LogP contribution in [0.5, 0.6) is 23.5 Å². The molecule has 0 saturated heterocycles. The van der Waals surface area contributed by atoms with Crippen molar-refractivity contribution in [2.45, 2.75) is 13.0 Å². The van der Waals surface area contributed by atoms with E-state index in [1.807, 2.05) is 0 Å². The van der Waals surface area contributed by atoms with Gasteiger partial charge in [-0.3, -0.25) is 9.59 Å². The zero-order valence-corrected chi connectivity index (χ0v) is 13.7. The van der Waals surface area contributed by atoms with E-state index in [1.165, 1.54) is 39.5 Å². The second-order valence-corrected chi connectivity index (χ2v) is 4.72. The van der Waals surface area contributed by atoms with Crippen molar-refractivity contribution in [2.75, 3.05) is 14.2 Å². The largest absolute Gasteiger partial charge is 0.481 e. The molecule has 0 radical (unpaired) electrons. The summed E-state index contributed by atoms with van der Waals surface area (Å²) in [6.45, 7) is 1.33. The molecule has 0 aromatic carbocycles. The topological polar surface area (TPSA) is 133 Å². The van der Waals surface area contributed by atoms with Crippen molar-refractivity contribution in [3.8, 4) is 23.5 Å². The zero-order chi connectivity index (χ0) is 18.4. The van der Waals surface area contributed by atoms with Crippen LogP contribution >= 0.6 is 0 Å². The van der Waals surface area contributed by atoms with Crippen molar-refractivity contribution < 1.29 is 28.9 Å². The predicted molar refractivity (Wildman–Crippen MR) is 84.0 cm³/mol. The highest BCUT2D eigenvalue weighted by Crippen LogP contribution is 2.25. The minimum absolute atomic E-state index is 0.0490. The fourth-order valence-electron chi connectivity index (χ4n) is 1.71. The number of hydrogen-bond acceptors (Lipinski definition) is 8. The van der Waals surface area contributed by atoms with Crippen LogP contribution < -0.4 is 19.5 Å². The molecule has 1 unspecified atom stereocenters. The van der Waals surface area contributed by atoms with E-state index in [-0.39, 0.29) is 29.2 Å². The van der Waals surface area contributed by atoms with Gasteiger partial charge in [-0.25, -0.2) is 4.98 Å². The number of carboxylic acids is 1. The highest BCUT2D eigenvalue weighted by Gasteiger charge is 2.20. The van der Waals surface area contributed by atoms with E-state index >= 15 is 0 Å². The molecule has 0 aliphatic rings. The van der Waals surface area contributed by atoms with Crippen LogP contribution in [0.2, 0.25) is 0 Å². The molecule has 0 fully saturated rings. The van der Waals surface area contributed by atoms with Gasteiger partial charge in [0, 0.05) is 6.20 Å². The van der Waals surface area contributed by atoms with Crippen LogP contribution in [-0.4, -0.2) is 52.2 Å². The molecule has 0 aliphatic heterocycles. The number of amides is 1. The van der Waals surface area contributed by atoms with Crippen LogP contribution in [0, 0.1) is 0 Å². The van der Waals surface area contributed by atoms with Crippen LogP contribution in [0.15, 0.2) is 24.4 Å². The van der Waals surface area contributed by atoms with Gasteiger partial charge in [0.2, 0.25) is 11.8 Å². The van der Waals surface area contributed by atoms with Crippen molar-refractivity contribution >= 4 is 11.9 Å². The van der Waals surface area contributed by atoms with E-state index in [2.05, 4.69) is 20.3 Å². The van der Waals surface area contributed by atoms with Crippen molar-refractivity contribution in [3.05, 3.63) is 30.1 Å². The first-order valence-corrected chi connectivity index (χ1v) is 7.08. The Bertz CT molecular complexity index is 760. The predicted octanol–water partition coefficient (Wildman–Crippen LogP) is 0.884. The average Bonchev–Trinajstić information content (AvgIpc) is 2.61. The van der Waals surface area contributed by atoms with E-state index < -0.39 is 17.9 Å². The third-order valence-corrected chi connectivity index (χ3v) is 2.98. The molecule has 0 spiro atoms. The van der Waals surface area contributed by atoms with Crippen molar-refractivity contribution in [1.82, 2.24) is 20.3 Å². The number of carbonyl (C=O) groups excluding carboxylic acids is 1. The van der Waals surface area contributed by atoms with E-state index in [0.717, 1.165) is 0 Å². The fourth-order valence-corrected chi connectivity index (χ4v) is 1.71. The molecule has 0 saturated carbocycles. The molecule has 1 amide bonds. The summed E-state index contributed by atoms with van der Waals surface area (Å²) in [5.74, 6) is -1.42. The molecule has 10 heteroatoms. The quantitative estimate of drug-likeness (QED) is 0.748. The van der Waals surface area contributed by atoms with E-state index in [4.69, 9.17) is 19.3 Å². The maximum atomic E-state index is 12.2. The van der Waals surface area contributed by atoms with Crippen molar-refractivity contribution in [3.63, 3.8) is 0 Å². The zero-order valence-electron chi connectivity index (χ0n) is 13.7. The molecule has 2 heterocycles. The van der Waals surface area contributed by atoms with Gasteiger partial charge in [0.15, 0.2) is 11.4 Å². The smallest absolute Gasteiger partial charge is 0.328 e. The second kappa shape index (κ2) is 7.90. The number of carboxylic acid groups (broad SMARTS) is 1. The number of rotatable bonds is 7. The Morgan fingerprint density at radius 2 is 1.84 bits per heavy atom. The summed E-state index contributed by atoms with van der Waals surface area (Å²) in [5, 5.41) is 11.2. The number of hydrogen-bond donors (Lipinski definition) is 2. The van der Waals surface area contributed by atoms with E-state index in [0.29, 0.717) is 0 Å². The van der Waals surface area contributed by atoms with E-state index in [9.17, 15) is 9.59 Å². The van der Waals surface area contributed by atoms with Gasteiger partial charge in [0.1, 0.15) is 6.04 Å². The van der Waals surface area contributed by atoms with Crippen molar-refractivity contribution in [1.29, 1.82) is 0 Å². The van der Waals surface area contributed by atoms with Crippen LogP contribution in [0.3, 0.4) is 0 Å². The first-order valence-electron chi connectivity index (χ1n) is 7.08. The van der Waals surface area contributed by atoms with Crippen LogP contribution in [0.25, 0.3) is 0 Å². The first-order chi connectivity index (χ1) is 11.9. The van der Waals surface area contributed by atoms with Crippen LogP contribution in [0.4, 0.5) is 0 Å². The number of ether oxygens (including phenoxy) is 3. The molecule has 25 heavy (non-hydrogen) atoms. The van der Waals surface area contributed by atoms with Crippen LogP contribution in [0.1, 0.15) is 17.4 Å². The van der Waals surface area contributed by atoms with Gasteiger partial charge in [0.05, 0.1) is 20.3 Å². The Balaban J connectivity index is 2.29. The lowest BCUT2D eigenvalue weighted by molar-refractivity contribution is -0.138. The minimum atomic E-state index is -1.17. The van der Waals surface area contributed by atoms with Gasteiger partial charge in [0.25, 0.3) is 5.91 Å². The lowest BCUT2D eigenvalue weighted by Crippen LogP contribution is -2.38. The molecule has 2 aromatic rings. The Morgan fingerprint density at radius 3 is 2.40 bits per heavy atom. The van der Waals surface area contributed by atoms with Gasteiger partial charge in [-0.15, -0.1) is 0 Å². The number of carbonyl (C=O) groups is 2. The summed E-state index contributed by atoms with van der Waals surface area (Å²) >= 11 is 0. The Labute approximate surface area is 142 Å². The highest BCUT2D eigenvalue weighted by atomic mass is 16.5. The van der Waals surface area contributed by atoms with Gasteiger partial charge < -0.3 is 24.6 Å². The third-order valence-electron chi connectivity index (χ3n) is 2.98. The van der Waals surface area contributed by atoms with Crippen molar-refractivity contribution in [2.24, 2.45) is 0 Å². The Kier molecular flexibility index (Phi) is 5.66. The number of aliphatic carboxylic acids is 1. The SMILES string of the molecule is COc1cc(OC)nc(Oc2cccnc2C(=O)NC(C)C(=O)O)n1. The summed E-state index contributed by atoms with van der Waals surface area (Å²) in [6, 6.07) is 3.27. The molecule has 2 N–H and O–H groups in total. The Morgan fingerprint density at radius 1 is 1.20 bits per heavy atom. The third kappa shape index (κ3) is 4.53. The number of pyridine rings is 1. The number of nitrogens with zero attached hydrogens (tertiary/aromatic N) is 3. The lowest BCUT2D eigenvalue weighted by atomic mass is 10.2. The highest BCUT2D eigenvalue weighted by molar-refractivity contribution is 5.97. The first kappa shape index (κ1) is 17.9. The second-order valence-electron chi connectivity index (χ2n) is 4.72. The van der Waals surface area contributed by atoms with Gasteiger partial charge in [-0.05, 0) is 19.1 Å². The molecule has 0 aliphatic carbocycles. The lowest BCUT2D eigenvalue weighted by Gasteiger charge is -2.12. The standard InChI is InChI=1S/C15H16N4O6/c1-8(14(21)22)17-13(20)12-9(5-4-6-16-12)25-15-18-10(23-2)7-11(19-15)24-3/h4-8H,1-3H3,(H,17,20)(H,21,22). The molecule has 2 rings (SSSR count). The fraction of sp³-hybridized carbons (Fsp3) is 0.267. The van der Waals surface area contributed by atoms with Crippen LogP contribution in [-0.2, 0) is 4.79 Å². The maximum Gasteiger partial charge on any atom is 0.328 e. The minimum Gasteiger partial charge on any atom is -0.481 e. The van der Waals surface area contributed by atoms with Gasteiger partial charge in [-0.1, -0.05) is 0 Å². The Hall–Kier alpha value is -3.43. The number of aromatic nitrogens is 3. The molecule has 132 valence electrons.